The molecule has 45 heavy (non-hydrogen) atoms. The lowest BCUT2D eigenvalue weighted by Gasteiger charge is -2.25. The van der Waals surface area contributed by atoms with Gasteiger partial charge in [0.15, 0.2) is 11.5 Å². The van der Waals surface area contributed by atoms with Crippen molar-refractivity contribution >= 4 is 39.1 Å². The number of nitrogens with zero attached hydrogens (tertiary/aromatic N) is 4. The molecule has 17 heteroatoms. The van der Waals surface area contributed by atoms with Gasteiger partial charge in [0.25, 0.3) is 11.8 Å². The molecule has 3 amide bonds. The number of amides is 3. The average Bonchev–Trinajstić information content (AvgIpc) is 3.06. The van der Waals surface area contributed by atoms with E-state index in [4.69, 9.17) is 4.74 Å². The van der Waals surface area contributed by atoms with Crippen LogP contribution in [-0.2, 0) is 25.4 Å². The third-order valence-electron chi connectivity index (χ3n) is 6.61. The summed E-state index contributed by atoms with van der Waals surface area (Å²) in [5, 5.41) is 11.7. The number of carbonyl (C=O) groups excluding carboxylic acids is 3. The van der Waals surface area contributed by atoms with E-state index in [1.54, 1.807) is 20.8 Å². The van der Waals surface area contributed by atoms with Crippen LogP contribution < -0.4 is 15.5 Å². The second kappa shape index (κ2) is 13.2. The molecule has 0 radical (unpaired) electrons. The zero-order chi connectivity index (χ0) is 34.0. The number of ether oxygens (including phenoxy) is 1. The molecule has 1 aliphatic rings. The van der Waals surface area contributed by atoms with E-state index in [0.29, 0.717) is 0 Å². The Morgan fingerprint density at radius 1 is 1.11 bits per heavy atom. The molecule has 1 saturated heterocycles. The van der Waals surface area contributed by atoms with Crippen LogP contribution in [-0.4, -0.2) is 69.2 Å². The van der Waals surface area contributed by atoms with E-state index in [9.17, 15) is 40.5 Å². The maximum atomic E-state index is 14.0. The fraction of sp³-hybridized carbons (Fsp3) is 0.536. The summed E-state index contributed by atoms with van der Waals surface area (Å²) >= 11 is 0. The van der Waals surface area contributed by atoms with Crippen molar-refractivity contribution in [3.63, 3.8) is 0 Å². The molecule has 1 aliphatic heterocycles. The Bertz CT molecular complexity index is 1580. The second-order valence-corrected chi connectivity index (χ2v) is 13.9. The maximum Gasteiger partial charge on any atom is 0.435 e. The summed E-state index contributed by atoms with van der Waals surface area (Å²) in [7, 11) is -3.44. The van der Waals surface area contributed by atoms with Gasteiger partial charge in [-0.1, -0.05) is 6.07 Å². The molecular formula is C28H35F5N6O5S. The molecule has 0 spiro atoms. The molecule has 0 saturated carbocycles. The van der Waals surface area contributed by atoms with Crippen LogP contribution in [0.2, 0.25) is 0 Å². The van der Waals surface area contributed by atoms with E-state index in [-0.39, 0.29) is 35.9 Å². The minimum Gasteiger partial charge on any atom is -0.444 e. The van der Waals surface area contributed by atoms with Gasteiger partial charge in [-0.3, -0.25) is 9.59 Å². The molecule has 2 heterocycles. The van der Waals surface area contributed by atoms with Crippen molar-refractivity contribution < 1.29 is 45.3 Å². The van der Waals surface area contributed by atoms with Gasteiger partial charge < -0.3 is 20.3 Å². The number of alkyl carbamates (subject to hydrolysis) is 1. The summed E-state index contributed by atoms with van der Waals surface area (Å²) in [5.41, 5.74) is -3.30. The van der Waals surface area contributed by atoms with Crippen LogP contribution in [0.1, 0.15) is 68.6 Å². The van der Waals surface area contributed by atoms with Crippen LogP contribution >= 0.6 is 0 Å². The van der Waals surface area contributed by atoms with Gasteiger partial charge in [0, 0.05) is 42.8 Å². The van der Waals surface area contributed by atoms with E-state index in [1.807, 2.05) is 0 Å². The Balaban J connectivity index is 1.92. The van der Waals surface area contributed by atoms with Gasteiger partial charge in [-0.2, -0.15) is 17.5 Å². The highest BCUT2D eigenvalue weighted by Gasteiger charge is 2.39. The molecule has 1 aromatic carbocycles. The molecule has 0 aliphatic carbocycles. The Labute approximate surface area is 257 Å². The summed E-state index contributed by atoms with van der Waals surface area (Å²) in [6.45, 7) is 7.00. The van der Waals surface area contributed by atoms with Crippen molar-refractivity contribution in [3.05, 3.63) is 41.1 Å². The third kappa shape index (κ3) is 9.55. The monoisotopic (exact) mass is 662 g/mol. The quantitative estimate of drug-likeness (QED) is 0.382. The number of alkyl halides is 5. The summed E-state index contributed by atoms with van der Waals surface area (Å²) in [5.74, 6) is -5.22. The normalized spacial score (nSPS) is 17.4. The van der Waals surface area contributed by atoms with Crippen molar-refractivity contribution in [2.45, 2.75) is 82.5 Å². The number of nitrogens with one attached hydrogen (secondary N) is 2. The molecule has 2 N–H and O–H groups in total. The van der Waals surface area contributed by atoms with E-state index >= 15 is 0 Å². The lowest BCUT2D eigenvalue weighted by atomic mass is 10.1. The fourth-order valence-corrected chi connectivity index (χ4v) is 5.68. The van der Waals surface area contributed by atoms with Gasteiger partial charge in [0.2, 0.25) is 5.92 Å². The summed E-state index contributed by atoms with van der Waals surface area (Å²) in [6, 6.07) is 4.15. The number of halogens is 5. The highest BCUT2D eigenvalue weighted by Crippen LogP contribution is 2.36. The van der Waals surface area contributed by atoms with Gasteiger partial charge in [0.05, 0.1) is 15.3 Å². The molecule has 2 atom stereocenters. The number of anilines is 2. The first-order chi connectivity index (χ1) is 20.6. The van der Waals surface area contributed by atoms with E-state index in [0.717, 1.165) is 13.2 Å². The van der Waals surface area contributed by atoms with Gasteiger partial charge in [-0.05, 0) is 64.8 Å². The van der Waals surface area contributed by atoms with Crippen LogP contribution in [0.4, 0.5) is 38.3 Å². The highest BCUT2D eigenvalue weighted by atomic mass is 32.2. The van der Waals surface area contributed by atoms with Crippen molar-refractivity contribution in [2.24, 2.45) is 4.36 Å². The lowest BCUT2D eigenvalue weighted by molar-refractivity contribution is -0.142. The van der Waals surface area contributed by atoms with Gasteiger partial charge in [0.1, 0.15) is 11.6 Å². The summed E-state index contributed by atoms with van der Waals surface area (Å²) in [6.07, 6.45) is -5.67. The number of aromatic nitrogens is 2. The molecule has 11 nitrogen and oxygen atoms in total. The number of benzene rings is 1. The standard InChI is InChI=1S/C28H35F5N6O5S/c1-16-20(22(37-36-21(16)28(31,32)33)39-13-8-11-27(29,30)12-14-39)24(41)35-18-9-7-10-19(15-18)45(6,43)38-23(40)17(2)34-25(42)44-26(3,4)5/h7,9-10,15,17H,8,11-14H2,1-6H3,(H,34,42)(H,35,41)/t17-,45-/m1/s1. The van der Waals surface area contributed by atoms with Crippen LogP contribution in [0.25, 0.3) is 0 Å². The number of hydrogen-bond donors (Lipinski definition) is 2. The second-order valence-electron chi connectivity index (χ2n) is 11.6. The first-order valence-corrected chi connectivity index (χ1v) is 15.8. The van der Waals surface area contributed by atoms with E-state index in [2.05, 4.69) is 25.2 Å². The fourth-order valence-electron chi connectivity index (χ4n) is 4.40. The van der Waals surface area contributed by atoms with Crippen LogP contribution in [0.5, 0.6) is 0 Å². The van der Waals surface area contributed by atoms with Gasteiger partial charge in [-0.15, -0.1) is 10.2 Å². The molecule has 1 aromatic heterocycles. The third-order valence-corrected chi connectivity index (χ3v) is 8.27. The Hall–Kier alpha value is -3.89. The Morgan fingerprint density at radius 2 is 1.78 bits per heavy atom. The Kier molecular flexibility index (Phi) is 10.5. The lowest BCUT2D eigenvalue weighted by Crippen LogP contribution is -2.41. The molecule has 2 aromatic rings. The Morgan fingerprint density at radius 3 is 2.40 bits per heavy atom. The summed E-state index contributed by atoms with van der Waals surface area (Å²) in [4.78, 5) is 39.4. The predicted molar refractivity (Wildman–Crippen MR) is 156 cm³/mol. The molecule has 0 bridgehead atoms. The van der Waals surface area contributed by atoms with E-state index < -0.39 is 81.0 Å². The average molecular weight is 663 g/mol. The smallest absolute Gasteiger partial charge is 0.435 e. The first-order valence-electron chi connectivity index (χ1n) is 13.8. The largest absolute Gasteiger partial charge is 0.444 e. The highest BCUT2D eigenvalue weighted by molar-refractivity contribution is 7.93. The minimum absolute atomic E-state index is 0.00588. The summed E-state index contributed by atoms with van der Waals surface area (Å²) < 4.78 is 91.4. The molecule has 1 fully saturated rings. The zero-order valence-corrected chi connectivity index (χ0v) is 26.4. The number of rotatable bonds is 6. The van der Waals surface area contributed by atoms with Crippen LogP contribution in [0, 0.1) is 6.92 Å². The van der Waals surface area contributed by atoms with Crippen molar-refractivity contribution in [1.82, 2.24) is 15.5 Å². The molecule has 248 valence electrons. The topological polar surface area (TPSA) is 143 Å². The molecule has 3 rings (SSSR count). The minimum atomic E-state index is -4.95. The van der Waals surface area contributed by atoms with Crippen molar-refractivity contribution in [1.29, 1.82) is 0 Å². The van der Waals surface area contributed by atoms with Crippen molar-refractivity contribution in [3.8, 4) is 0 Å². The SMILES string of the molecule is Cc1c(C(F)(F)F)nnc(N2CCCC(F)(F)CC2)c1C(=O)Nc1cccc([S@@](C)(=O)=NC(=O)[C@@H](C)NC(=O)OC(C)(C)C)c1. The molecule has 0 unspecified atom stereocenters. The number of carbonyl (C=O) groups is 3. The van der Waals surface area contributed by atoms with Gasteiger partial charge in [-0.25, -0.2) is 17.8 Å². The van der Waals surface area contributed by atoms with Crippen molar-refractivity contribution in [2.75, 3.05) is 29.6 Å². The number of hydrogen-bond acceptors (Lipinski definition) is 8. The molecular weight excluding hydrogens is 627 g/mol. The van der Waals surface area contributed by atoms with Crippen LogP contribution in [0.3, 0.4) is 0 Å². The predicted octanol–water partition coefficient (Wildman–Crippen LogP) is 5.58. The first kappa shape index (κ1) is 35.6. The van der Waals surface area contributed by atoms with Gasteiger partial charge >= 0.3 is 12.3 Å². The maximum absolute atomic E-state index is 14.0. The zero-order valence-electron chi connectivity index (χ0n) is 25.6. The van der Waals surface area contributed by atoms with Crippen LogP contribution in [0.15, 0.2) is 33.5 Å². The van der Waals surface area contributed by atoms with E-state index in [1.165, 1.54) is 36.1 Å².